The average Bonchev–Trinajstić information content (AvgIpc) is 2.96. The number of methoxy groups -OCH3 is 1. The predicted molar refractivity (Wildman–Crippen MR) is 64.7 cm³/mol. The lowest BCUT2D eigenvalue weighted by Gasteiger charge is -2.18. The normalized spacial score (nSPS) is 19.4. The summed E-state index contributed by atoms with van der Waals surface area (Å²) in [4.78, 5) is 11.0. The Morgan fingerprint density at radius 1 is 1.39 bits per heavy atom. The van der Waals surface area contributed by atoms with E-state index in [-0.39, 0.29) is 11.8 Å². The van der Waals surface area contributed by atoms with Gasteiger partial charge in [-0.05, 0) is 36.1 Å². The first-order valence-corrected chi connectivity index (χ1v) is 6.14. The summed E-state index contributed by atoms with van der Waals surface area (Å²) in [5.41, 5.74) is 3.15. The van der Waals surface area contributed by atoms with E-state index >= 15 is 0 Å². The summed E-state index contributed by atoms with van der Waals surface area (Å²) in [6, 6.07) is 4.08. The molecule has 2 aliphatic rings. The molecule has 1 N–H and O–H groups in total. The van der Waals surface area contributed by atoms with Crippen LogP contribution in [0.5, 0.6) is 5.75 Å². The van der Waals surface area contributed by atoms with E-state index in [0.717, 1.165) is 29.7 Å². The lowest BCUT2D eigenvalue weighted by atomic mass is 9.89. The molecule has 18 heavy (non-hydrogen) atoms. The molecule has 0 amide bonds. The van der Waals surface area contributed by atoms with Crippen LogP contribution in [0.1, 0.15) is 36.0 Å². The van der Waals surface area contributed by atoms with Crippen molar-refractivity contribution >= 4 is 5.97 Å². The monoisotopic (exact) mass is 248 g/mol. The molecule has 0 unspecified atom stereocenters. The molecule has 1 aromatic carbocycles. The first-order chi connectivity index (χ1) is 8.64. The van der Waals surface area contributed by atoms with Crippen molar-refractivity contribution in [3.05, 3.63) is 28.8 Å². The number of ether oxygens (including phenoxy) is 2. The molecular weight excluding hydrogens is 232 g/mol. The van der Waals surface area contributed by atoms with Crippen molar-refractivity contribution in [3.8, 4) is 5.75 Å². The van der Waals surface area contributed by atoms with Crippen LogP contribution in [0.25, 0.3) is 0 Å². The molecule has 0 spiro atoms. The molecule has 1 fully saturated rings. The summed E-state index contributed by atoms with van der Waals surface area (Å²) in [6.45, 7) is 1.24. The summed E-state index contributed by atoms with van der Waals surface area (Å²) in [5, 5.41) is 9.04. The van der Waals surface area contributed by atoms with Gasteiger partial charge in [-0.15, -0.1) is 0 Å². The van der Waals surface area contributed by atoms with Crippen LogP contribution in [-0.2, 0) is 28.2 Å². The van der Waals surface area contributed by atoms with Gasteiger partial charge in [0, 0.05) is 11.0 Å². The summed E-state index contributed by atoms with van der Waals surface area (Å²) >= 11 is 0. The molecule has 3 rings (SSSR count). The second-order valence-electron chi connectivity index (χ2n) is 5.16. The maximum absolute atomic E-state index is 11.0. The molecule has 4 heteroatoms. The van der Waals surface area contributed by atoms with Crippen LogP contribution in [-0.4, -0.2) is 18.2 Å². The van der Waals surface area contributed by atoms with Crippen molar-refractivity contribution in [1.82, 2.24) is 0 Å². The van der Waals surface area contributed by atoms with Gasteiger partial charge in [0.2, 0.25) is 0 Å². The molecule has 0 radical (unpaired) electrons. The van der Waals surface area contributed by atoms with E-state index < -0.39 is 5.97 Å². The highest BCUT2D eigenvalue weighted by molar-refractivity contribution is 5.71. The first kappa shape index (κ1) is 11.5. The Morgan fingerprint density at radius 3 is 2.61 bits per heavy atom. The number of hydrogen-bond acceptors (Lipinski definition) is 3. The third-order valence-corrected chi connectivity index (χ3v) is 3.95. The van der Waals surface area contributed by atoms with E-state index in [4.69, 9.17) is 14.6 Å². The number of fused-ring (bicyclic) bond motifs is 1. The lowest BCUT2D eigenvalue weighted by Crippen LogP contribution is -2.14. The van der Waals surface area contributed by atoms with Crippen molar-refractivity contribution in [2.75, 3.05) is 7.11 Å². The Hall–Kier alpha value is -1.55. The molecular formula is C14H16O4. The zero-order valence-electron chi connectivity index (χ0n) is 10.4. The van der Waals surface area contributed by atoms with E-state index in [0.29, 0.717) is 13.2 Å². The molecule has 0 atom stereocenters. The average molecular weight is 248 g/mol. The van der Waals surface area contributed by atoms with Gasteiger partial charge >= 0.3 is 5.97 Å². The Morgan fingerprint density at radius 2 is 2.06 bits per heavy atom. The number of rotatable bonds is 4. The third kappa shape index (κ3) is 1.77. The van der Waals surface area contributed by atoms with Crippen molar-refractivity contribution in [3.63, 3.8) is 0 Å². The maximum Gasteiger partial charge on any atom is 0.304 e. The van der Waals surface area contributed by atoms with Gasteiger partial charge in [0.25, 0.3) is 0 Å². The zero-order valence-corrected chi connectivity index (χ0v) is 10.4. The molecule has 1 saturated carbocycles. The number of carboxylic acid groups (broad SMARTS) is 1. The summed E-state index contributed by atoms with van der Waals surface area (Å²) in [6.07, 6.45) is 2.04. The molecule has 96 valence electrons. The highest BCUT2D eigenvalue weighted by Crippen LogP contribution is 2.54. The standard InChI is InChI=1S/C14H16O4/c1-17-12-5-10-8-18-7-9(10)4-11(12)14(2-3-14)6-13(15)16/h4-5H,2-3,6-8H2,1H3,(H,15,16). The number of carboxylic acids is 1. The van der Waals surface area contributed by atoms with Gasteiger partial charge < -0.3 is 14.6 Å². The number of carbonyl (C=O) groups is 1. The van der Waals surface area contributed by atoms with E-state index in [1.165, 1.54) is 5.56 Å². The molecule has 1 aliphatic heterocycles. The molecule has 1 heterocycles. The minimum absolute atomic E-state index is 0.184. The Balaban J connectivity index is 2.03. The minimum Gasteiger partial charge on any atom is -0.496 e. The summed E-state index contributed by atoms with van der Waals surface area (Å²) in [7, 11) is 1.64. The van der Waals surface area contributed by atoms with Gasteiger partial charge in [-0.3, -0.25) is 4.79 Å². The fourth-order valence-corrected chi connectivity index (χ4v) is 2.77. The fraction of sp³-hybridized carbons (Fsp3) is 0.500. The maximum atomic E-state index is 11.0. The molecule has 1 aromatic rings. The lowest BCUT2D eigenvalue weighted by molar-refractivity contribution is -0.137. The highest BCUT2D eigenvalue weighted by Gasteiger charge is 2.48. The predicted octanol–water partition coefficient (Wildman–Crippen LogP) is 2.23. The minimum atomic E-state index is -0.744. The molecule has 0 aromatic heterocycles. The van der Waals surface area contributed by atoms with Crippen LogP contribution in [0.3, 0.4) is 0 Å². The van der Waals surface area contributed by atoms with Gasteiger partial charge in [-0.25, -0.2) is 0 Å². The quantitative estimate of drug-likeness (QED) is 0.887. The molecule has 0 bridgehead atoms. The Bertz CT molecular complexity index is 503. The van der Waals surface area contributed by atoms with Gasteiger partial charge in [-0.2, -0.15) is 0 Å². The number of aliphatic carboxylic acids is 1. The van der Waals surface area contributed by atoms with Gasteiger partial charge in [0.15, 0.2) is 0 Å². The van der Waals surface area contributed by atoms with Crippen molar-refractivity contribution in [2.24, 2.45) is 0 Å². The second-order valence-corrected chi connectivity index (χ2v) is 5.16. The van der Waals surface area contributed by atoms with Crippen LogP contribution < -0.4 is 4.74 Å². The van der Waals surface area contributed by atoms with Crippen LogP contribution in [0.2, 0.25) is 0 Å². The fourth-order valence-electron chi connectivity index (χ4n) is 2.77. The largest absolute Gasteiger partial charge is 0.496 e. The summed E-state index contributed by atoms with van der Waals surface area (Å²) < 4.78 is 10.8. The number of benzene rings is 1. The molecule has 4 nitrogen and oxygen atoms in total. The molecule has 1 aliphatic carbocycles. The van der Waals surface area contributed by atoms with E-state index in [2.05, 4.69) is 6.07 Å². The van der Waals surface area contributed by atoms with Crippen molar-refractivity contribution in [1.29, 1.82) is 0 Å². The van der Waals surface area contributed by atoms with Gasteiger partial charge in [-0.1, -0.05) is 0 Å². The second kappa shape index (κ2) is 3.99. The van der Waals surface area contributed by atoms with Crippen molar-refractivity contribution in [2.45, 2.75) is 37.9 Å². The van der Waals surface area contributed by atoms with Crippen molar-refractivity contribution < 1.29 is 19.4 Å². The third-order valence-electron chi connectivity index (χ3n) is 3.95. The van der Waals surface area contributed by atoms with Crippen LogP contribution in [0.4, 0.5) is 0 Å². The van der Waals surface area contributed by atoms with Gasteiger partial charge in [0.05, 0.1) is 26.7 Å². The van der Waals surface area contributed by atoms with E-state index in [1.807, 2.05) is 6.07 Å². The highest BCUT2D eigenvalue weighted by atomic mass is 16.5. The first-order valence-electron chi connectivity index (χ1n) is 6.14. The number of hydrogen-bond donors (Lipinski definition) is 1. The smallest absolute Gasteiger partial charge is 0.304 e. The van der Waals surface area contributed by atoms with Crippen LogP contribution in [0.15, 0.2) is 12.1 Å². The van der Waals surface area contributed by atoms with Gasteiger partial charge in [0.1, 0.15) is 5.75 Å². The summed E-state index contributed by atoms with van der Waals surface area (Å²) in [5.74, 6) is 0.0595. The molecule has 0 saturated heterocycles. The van der Waals surface area contributed by atoms with E-state index in [1.54, 1.807) is 7.11 Å². The Kier molecular flexibility index (Phi) is 2.55. The Labute approximate surface area is 106 Å². The SMILES string of the molecule is COc1cc2c(cc1C1(CC(=O)O)CC1)COC2. The van der Waals surface area contributed by atoms with Crippen LogP contribution in [0, 0.1) is 0 Å². The topological polar surface area (TPSA) is 55.8 Å². The zero-order chi connectivity index (χ0) is 12.8. The van der Waals surface area contributed by atoms with E-state index in [9.17, 15) is 4.79 Å². The van der Waals surface area contributed by atoms with Crippen LogP contribution >= 0.6 is 0 Å².